The summed E-state index contributed by atoms with van der Waals surface area (Å²) in [7, 11) is 2.50. The van der Waals surface area contributed by atoms with Gasteiger partial charge in [0, 0.05) is 5.56 Å². The lowest BCUT2D eigenvalue weighted by Crippen LogP contribution is -2.15. The van der Waals surface area contributed by atoms with Gasteiger partial charge in [-0.25, -0.2) is 14.3 Å². The third-order valence-electron chi connectivity index (χ3n) is 5.35. The molecule has 2 heterocycles. The zero-order valence-electron chi connectivity index (χ0n) is 19.2. The molecule has 0 aliphatic heterocycles. The Morgan fingerprint density at radius 2 is 1.62 bits per heavy atom. The summed E-state index contributed by atoms with van der Waals surface area (Å²) in [6, 6.07) is 16.0. The SMILES string of the molecule is COC(=O)c1c(-c2ccc(OCc3c(C)noc3C)cc2)nn(-c2ccccc2)c1C(=O)OC. The van der Waals surface area contributed by atoms with Crippen molar-refractivity contribution in [2.24, 2.45) is 0 Å². The van der Waals surface area contributed by atoms with Gasteiger partial charge < -0.3 is 18.7 Å². The maximum atomic E-state index is 12.7. The molecular weight excluding hydrogens is 438 g/mol. The van der Waals surface area contributed by atoms with Crippen molar-refractivity contribution < 1.29 is 28.3 Å². The number of para-hydroxylation sites is 1. The Balaban J connectivity index is 1.74. The average Bonchev–Trinajstić information content (AvgIpc) is 3.42. The molecule has 2 aromatic heterocycles. The normalized spacial score (nSPS) is 10.7. The minimum absolute atomic E-state index is 0.0163. The number of rotatable bonds is 7. The zero-order chi connectivity index (χ0) is 24.2. The molecule has 2 aromatic carbocycles. The molecule has 0 spiro atoms. The Morgan fingerprint density at radius 1 is 0.941 bits per heavy atom. The number of carbonyl (C=O) groups excluding carboxylic acids is 2. The standard InChI is InChI=1S/C25H23N3O6/c1-15-20(16(2)34-27-15)14-33-19-12-10-17(11-13-19)22-21(24(29)31-3)23(25(30)32-4)28(26-22)18-8-6-5-7-9-18/h5-13H,14H2,1-4H3. The minimum Gasteiger partial charge on any atom is -0.489 e. The molecule has 4 rings (SSSR count). The van der Waals surface area contributed by atoms with E-state index in [1.807, 2.05) is 19.9 Å². The van der Waals surface area contributed by atoms with Gasteiger partial charge in [0.2, 0.25) is 0 Å². The van der Waals surface area contributed by atoms with Crippen molar-refractivity contribution in [3.05, 3.63) is 82.9 Å². The number of hydrogen-bond donors (Lipinski definition) is 0. The lowest BCUT2D eigenvalue weighted by molar-refractivity contribution is 0.0549. The zero-order valence-corrected chi connectivity index (χ0v) is 19.2. The highest BCUT2D eigenvalue weighted by Crippen LogP contribution is 2.30. The first-order valence-electron chi connectivity index (χ1n) is 10.4. The van der Waals surface area contributed by atoms with Gasteiger partial charge in [-0.2, -0.15) is 5.10 Å². The molecule has 9 heteroatoms. The van der Waals surface area contributed by atoms with Crippen LogP contribution in [0.3, 0.4) is 0 Å². The summed E-state index contributed by atoms with van der Waals surface area (Å²) >= 11 is 0. The van der Waals surface area contributed by atoms with Gasteiger partial charge in [0.1, 0.15) is 29.4 Å². The molecule has 0 atom stereocenters. The number of methoxy groups -OCH3 is 2. The van der Waals surface area contributed by atoms with E-state index in [0.717, 1.165) is 11.3 Å². The van der Waals surface area contributed by atoms with Gasteiger partial charge in [-0.15, -0.1) is 0 Å². The molecular formula is C25H23N3O6. The summed E-state index contributed by atoms with van der Waals surface area (Å²) in [6.45, 7) is 4.00. The van der Waals surface area contributed by atoms with E-state index in [2.05, 4.69) is 10.3 Å². The molecule has 0 aliphatic carbocycles. The minimum atomic E-state index is -0.706. The molecule has 174 valence electrons. The molecule has 9 nitrogen and oxygen atoms in total. The van der Waals surface area contributed by atoms with Gasteiger partial charge in [-0.1, -0.05) is 23.4 Å². The third-order valence-corrected chi connectivity index (χ3v) is 5.35. The number of aryl methyl sites for hydroxylation is 2. The lowest BCUT2D eigenvalue weighted by Gasteiger charge is -2.07. The van der Waals surface area contributed by atoms with Crippen LogP contribution in [-0.4, -0.2) is 41.1 Å². The molecule has 0 aliphatic rings. The first-order chi connectivity index (χ1) is 16.4. The molecule has 0 bridgehead atoms. The highest BCUT2D eigenvalue weighted by atomic mass is 16.5. The van der Waals surface area contributed by atoms with E-state index < -0.39 is 11.9 Å². The first kappa shape index (κ1) is 22.8. The van der Waals surface area contributed by atoms with E-state index in [0.29, 0.717) is 29.4 Å². The van der Waals surface area contributed by atoms with Crippen LogP contribution in [0.5, 0.6) is 5.75 Å². The monoisotopic (exact) mass is 461 g/mol. The Morgan fingerprint density at radius 3 is 2.21 bits per heavy atom. The summed E-state index contributed by atoms with van der Waals surface area (Å²) < 4.78 is 22.3. The van der Waals surface area contributed by atoms with Crippen LogP contribution in [0.2, 0.25) is 0 Å². The number of hydrogen-bond acceptors (Lipinski definition) is 8. The molecule has 0 N–H and O–H groups in total. The lowest BCUT2D eigenvalue weighted by atomic mass is 10.1. The Kier molecular flexibility index (Phi) is 6.44. The summed E-state index contributed by atoms with van der Waals surface area (Å²) in [5.74, 6) is -0.0867. The number of ether oxygens (including phenoxy) is 3. The van der Waals surface area contributed by atoms with E-state index in [1.165, 1.54) is 18.9 Å². The van der Waals surface area contributed by atoms with Gasteiger partial charge in [0.05, 0.1) is 31.2 Å². The number of aromatic nitrogens is 3. The van der Waals surface area contributed by atoms with E-state index in [-0.39, 0.29) is 17.0 Å². The molecule has 0 saturated heterocycles. The van der Waals surface area contributed by atoms with Gasteiger partial charge >= 0.3 is 11.9 Å². The molecule has 0 radical (unpaired) electrons. The van der Waals surface area contributed by atoms with E-state index in [9.17, 15) is 9.59 Å². The summed E-state index contributed by atoms with van der Waals surface area (Å²) in [4.78, 5) is 25.4. The average molecular weight is 461 g/mol. The van der Waals surface area contributed by atoms with Crippen molar-refractivity contribution in [2.75, 3.05) is 14.2 Å². The van der Waals surface area contributed by atoms with E-state index in [1.54, 1.807) is 48.5 Å². The van der Waals surface area contributed by atoms with Crippen molar-refractivity contribution >= 4 is 11.9 Å². The predicted octanol–water partition coefficient (Wildman–Crippen LogP) is 4.30. The van der Waals surface area contributed by atoms with Crippen molar-refractivity contribution in [1.29, 1.82) is 0 Å². The molecule has 0 saturated carbocycles. The Hall–Kier alpha value is -4.40. The van der Waals surface area contributed by atoms with Crippen LogP contribution in [0.4, 0.5) is 0 Å². The number of nitrogens with zero attached hydrogens (tertiary/aromatic N) is 3. The molecule has 4 aromatic rings. The van der Waals surface area contributed by atoms with Crippen LogP contribution in [0.25, 0.3) is 16.9 Å². The van der Waals surface area contributed by atoms with Crippen LogP contribution in [0.1, 0.15) is 37.9 Å². The molecule has 0 unspecified atom stereocenters. The third kappa shape index (κ3) is 4.27. The number of esters is 2. The van der Waals surface area contributed by atoms with Crippen LogP contribution >= 0.6 is 0 Å². The van der Waals surface area contributed by atoms with Gasteiger partial charge in [-0.3, -0.25) is 0 Å². The highest BCUT2D eigenvalue weighted by molar-refractivity contribution is 6.06. The highest BCUT2D eigenvalue weighted by Gasteiger charge is 2.31. The first-order valence-corrected chi connectivity index (χ1v) is 10.4. The number of carbonyl (C=O) groups is 2. The molecule has 0 amide bonds. The van der Waals surface area contributed by atoms with Gasteiger partial charge in [0.15, 0.2) is 5.69 Å². The van der Waals surface area contributed by atoms with Crippen LogP contribution < -0.4 is 4.74 Å². The Labute approximate surface area is 195 Å². The fourth-order valence-electron chi connectivity index (χ4n) is 3.53. The second kappa shape index (κ2) is 9.62. The largest absolute Gasteiger partial charge is 0.489 e. The van der Waals surface area contributed by atoms with Crippen molar-refractivity contribution in [3.8, 4) is 22.7 Å². The maximum absolute atomic E-state index is 12.7. The van der Waals surface area contributed by atoms with Crippen molar-refractivity contribution in [3.63, 3.8) is 0 Å². The van der Waals surface area contributed by atoms with E-state index >= 15 is 0 Å². The quantitative estimate of drug-likeness (QED) is 0.375. The fraction of sp³-hybridized carbons (Fsp3) is 0.200. The summed E-state index contributed by atoms with van der Waals surface area (Å²) in [5, 5.41) is 8.51. The van der Waals surface area contributed by atoms with Gasteiger partial charge in [-0.05, 0) is 50.2 Å². The van der Waals surface area contributed by atoms with E-state index in [4.69, 9.17) is 18.7 Å². The number of benzene rings is 2. The fourth-order valence-corrected chi connectivity index (χ4v) is 3.53. The van der Waals surface area contributed by atoms with Crippen LogP contribution in [0.15, 0.2) is 59.1 Å². The molecule has 0 fully saturated rings. The van der Waals surface area contributed by atoms with Crippen LogP contribution in [0, 0.1) is 13.8 Å². The van der Waals surface area contributed by atoms with Crippen molar-refractivity contribution in [2.45, 2.75) is 20.5 Å². The summed E-state index contributed by atoms with van der Waals surface area (Å²) in [5.41, 5.74) is 3.15. The Bertz CT molecular complexity index is 1300. The van der Waals surface area contributed by atoms with Gasteiger partial charge in [0.25, 0.3) is 0 Å². The molecule has 34 heavy (non-hydrogen) atoms. The van der Waals surface area contributed by atoms with Crippen molar-refractivity contribution in [1.82, 2.24) is 14.9 Å². The second-order valence-corrected chi connectivity index (χ2v) is 7.42. The summed E-state index contributed by atoms with van der Waals surface area (Å²) in [6.07, 6.45) is 0. The smallest absolute Gasteiger partial charge is 0.357 e. The predicted molar refractivity (Wildman–Crippen MR) is 122 cm³/mol. The van der Waals surface area contributed by atoms with Crippen LogP contribution in [-0.2, 0) is 16.1 Å². The second-order valence-electron chi connectivity index (χ2n) is 7.42. The topological polar surface area (TPSA) is 106 Å². The maximum Gasteiger partial charge on any atom is 0.357 e.